The number of piperidine rings is 1. The van der Waals surface area contributed by atoms with Crippen LogP contribution < -0.4 is 0 Å². The molecular formula is C18H22N6O2. The number of rotatable bonds is 4. The van der Waals surface area contributed by atoms with Gasteiger partial charge in [-0.15, -0.1) is 0 Å². The van der Waals surface area contributed by atoms with E-state index in [1.165, 1.54) is 6.33 Å². The van der Waals surface area contributed by atoms with Crippen LogP contribution in [0.3, 0.4) is 0 Å². The van der Waals surface area contributed by atoms with E-state index in [4.69, 9.17) is 0 Å². The van der Waals surface area contributed by atoms with Gasteiger partial charge in [0.05, 0.1) is 5.92 Å². The molecule has 0 spiro atoms. The molecule has 2 fully saturated rings. The van der Waals surface area contributed by atoms with E-state index in [-0.39, 0.29) is 17.7 Å². The van der Waals surface area contributed by atoms with Crippen molar-refractivity contribution in [3.63, 3.8) is 0 Å². The molecular weight excluding hydrogens is 332 g/mol. The Bertz CT molecular complexity index is 755. The average molecular weight is 354 g/mol. The molecule has 4 heterocycles. The first kappa shape index (κ1) is 16.7. The van der Waals surface area contributed by atoms with Crippen LogP contribution in [0, 0.1) is 5.92 Å². The van der Waals surface area contributed by atoms with Crippen molar-refractivity contribution < 1.29 is 9.59 Å². The van der Waals surface area contributed by atoms with Crippen molar-refractivity contribution in [3.05, 3.63) is 42.2 Å². The zero-order valence-electron chi connectivity index (χ0n) is 14.5. The van der Waals surface area contributed by atoms with Crippen molar-refractivity contribution >= 4 is 11.8 Å². The molecule has 2 amide bonds. The molecule has 0 radical (unpaired) electrons. The van der Waals surface area contributed by atoms with Gasteiger partial charge in [0.25, 0.3) is 0 Å². The first-order valence-corrected chi connectivity index (χ1v) is 9.01. The number of amides is 2. The van der Waals surface area contributed by atoms with Crippen molar-refractivity contribution in [2.24, 2.45) is 5.92 Å². The molecule has 2 aromatic rings. The lowest BCUT2D eigenvalue weighted by Crippen LogP contribution is -2.42. The molecule has 0 aromatic carbocycles. The molecule has 1 N–H and O–H groups in total. The fraction of sp³-hybridized carbons (Fsp3) is 0.500. The Labute approximate surface area is 151 Å². The number of nitrogens with zero attached hydrogens (tertiary/aromatic N) is 5. The second-order valence-corrected chi connectivity index (χ2v) is 7.00. The van der Waals surface area contributed by atoms with Gasteiger partial charge in [-0.3, -0.25) is 19.7 Å². The van der Waals surface area contributed by atoms with E-state index in [1.54, 1.807) is 17.3 Å². The molecule has 26 heavy (non-hydrogen) atoms. The summed E-state index contributed by atoms with van der Waals surface area (Å²) in [5.74, 6) is 1.15. The van der Waals surface area contributed by atoms with E-state index in [0.717, 1.165) is 24.2 Å². The topological polar surface area (TPSA) is 95.1 Å². The van der Waals surface area contributed by atoms with Gasteiger partial charge < -0.3 is 9.80 Å². The Hall–Kier alpha value is -2.77. The number of hydrogen-bond acceptors (Lipinski definition) is 5. The number of H-pyrrole nitrogens is 1. The van der Waals surface area contributed by atoms with Gasteiger partial charge in [0.2, 0.25) is 11.8 Å². The minimum Gasteiger partial charge on any atom is -0.342 e. The third-order valence-electron chi connectivity index (χ3n) is 5.31. The van der Waals surface area contributed by atoms with E-state index >= 15 is 0 Å². The number of carbonyl (C=O) groups is 2. The van der Waals surface area contributed by atoms with Gasteiger partial charge in [-0.2, -0.15) is 5.10 Å². The SMILES string of the molecule is O=C1CC(C(=O)N2CCC(c3ncn[nH]3)CC2)CN1Cc1ccncc1. The first-order chi connectivity index (χ1) is 12.7. The minimum absolute atomic E-state index is 0.0525. The molecule has 2 aliphatic heterocycles. The number of aromatic amines is 1. The highest BCUT2D eigenvalue weighted by atomic mass is 16.2. The smallest absolute Gasteiger partial charge is 0.227 e. The second-order valence-electron chi connectivity index (χ2n) is 7.00. The van der Waals surface area contributed by atoms with Crippen LogP contribution in [0.15, 0.2) is 30.9 Å². The molecule has 2 aromatic heterocycles. The molecule has 1 unspecified atom stereocenters. The Morgan fingerprint density at radius 1 is 1.23 bits per heavy atom. The predicted octanol–water partition coefficient (Wildman–Crippen LogP) is 0.954. The average Bonchev–Trinajstić information content (AvgIpc) is 3.33. The molecule has 0 bridgehead atoms. The third kappa shape index (κ3) is 3.44. The van der Waals surface area contributed by atoms with Crippen LogP contribution in [-0.4, -0.2) is 61.4 Å². The van der Waals surface area contributed by atoms with Gasteiger partial charge >= 0.3 is 0 Å². The molecule has 8 heteroatoms. The van der Waals surface area contributed by atoms with Crippen LogP contribution >= 0.6 is 0 Å². The van der Waals surface area contributed by atoms with E-state index in [2.05, 4.69) is 20.2 Å². The normalized spacial score (nSPS) is 21.4. The van der Waals surface area contributed by atoms with E-state index in [0.29, 0.717) is 38.5 Å². The Kier molecular flexibility index (Phi) is 4.64. The maximum absolute atomic E-state index is 12.8. The molecule has 2 saturated heterocycles. The number of nitrogens with one attached hydrogen (secondary N) is 1. The summed E-state index contributed by atoms with van der Waals surface area (Å²) in [4.78, 5) is 37.0. The summed E-state index contributed by atoms with van der Waals surface area (Å²) in [6, 6.07) is 3.80. The standard InChI is InChI=1S/C18H22N6O2/c25-16-9-15(11-24(16)10-13-1-5-19-6-2-13)18(26)23-7-3-14(4-8-23)17-20-12-21-22-17/h1-2,5-6,12,14-15H,3-4,7-11H2,(H,20,21,22). The van der Waals surface area contributed by atoms with Gasteiger partial charge in [-0.25, -0.2) is 4.98 Å². The lowest BCUT2D eigenvalue weighted by atomic mass is 9.95. The van der Waals surface area contributed by atoms with Crippen LogP contribution in [-0.2, 0) is 16.1 Å². The molecule has 1 atom stereocenters. The number of aromatic nitrogens is 4. The van der Waals surface area contributed by atoms with E-state index in [1.807, 2.05) is 17.0 Å². The van der Waals surface area contributed by atoms with Gasteiger partial charge in [0, 0.05) is 50.9 Å². The predicted molar refractivity (Wildman–Crippen MR) is 92.7 cm³/mol. The van der Waals surface area contributed by atoms with Crippen LogP contribution in [0.4, 0.5) is 0 Å². The number of hydrogen-bond donors (Lipinski definition) is 1. The lowest BCUT2D eigenvalue weighted by Gasteiger charge is -2.32. The van der Waals surface area contributed by atoms with E-state index in [9.17, 15) is 9.59 Å². The zero-order chi connectivity index (χ0) is 17.9. The maximum atomic E-state index is 12.8. The molecule has 2 aliphatic rings. The largest absolute Gasteiger partial charge is 0.342 e. The van der Waals surface area contributed by atoms with Crippen molar-refractivity contribution in [2.75, 3.05) is 19.6 Å². The fourth-order valence-corrected chi connectivity index (χ4v) is 3.84. The van der Waals surface area contributed by atoms with Crippen LogP contribution in [0.1, 0.15) is 36.6 Å². The Balaban J connectivity index is 1.32. The monoisotopic (exact) mass is 354 g/mol. The molecule has 8 nitrogen and oxygen atoms in total. The molecule has 4 rings (SSSR count). The maximum Gasteiger partial charge on any atom is 0.227 e. The summed E-state index contributed by atoms with van der Waals surface area (Å²) in [6.07, 6.45) is 7.03. The highest BCUT2D eigenvalue weighted by Crippen LogP contribution is 2.28. The summed E-state index contributed by atoms with van der Waals surface area (Å²) >= 11 is 0. The summed E-state index contributed by atoms with van der Waals surface area (Å²) in [6.45, 7) is 2.46. The van der Waals surface area contributed by atoms with Crippen molar-refractivity contribution in [1.29, 1.82) is 0 Å². The van der Waals surface area contributed by atoms with E-state index < -0.39 is 0 Å². The van der Waals surface area contributed by atoms with Gasteiger partial charge in [0.1, 0.15) is 12.2 Å². The van der Waals surface area contributed by atoms with Crippen LogP contribution in [0.5, 0.6) is 0 Å². The number of carbonyl (C=O) groups excluding carboxylic acids is 2. The number of likely N-dealkylation sites (tertiary alicyclic amines) is 2. The highest BCUT2D eigenvalue weighted by Gasteiger charge is 2.37. The quantitative estimate of drug-likeness (QED) is 0.882. The van der Waals surface area contributed by atoms with Crippen LogP contribution in [0.2, 0.25) is 0 Å². The zero-order valence-corrected chi connectivity index (χ0v) is 14.5. The second kappa shape index (κ2) is 7.23. The van der Waals surface area contributed by atoms with Gasteiger partial charge in [-0.1, -0.05) is 0 Å². The summed E-state index contributed by atoms with van der Waals surface area (Å²) in [7, 11) is 0. The van der Waals surface area contributed by atoms with Gasteiger partial charge in [-0.05, 0) is 30.5 Å². The van der Waals surface area contributed by atoms with Crippen LogP contribution in [0.25, 0.3) is 0 Å². The molecule has 0 aliphatic carbocycles. The summed E-state index contributed by atoms with van der Waals surface area (Å²) in [5, 5.41) is 6.82. The lowest BCUT2D eigenvalue weighted by molar-refractivity contribution is -0.136. The number of pyridine rings is 1. The third-order valence-corrected chi connectivity index (χ3v) is 5.31. The fourth-order valence-electron chi connectivity index (χ4n) is 3.84. The van der Waals surface area contributed by atoms with Crippen molar-refractivity contribution in [2.45, 2.75) is 31.7 Å². The Morgan fingerprint density at radius 2 is 2.00 bits per heavy atom. The first-order valence-electron chi connectivity index (χ1n) is 9.01. The summed E-state index contributed by atoms with van der Waals surface area (Å²) < 4.78 is 0. The minimum atomic E-state index is -0.230. The van der Waals surface area contributed by atoms with Crippen molar-refractivity contribution in [3.8, 4) is 0 Å². The highest BCUT2D eigenvalue weighted by molar-refractivity contribution is 5.89. The van der Waals surface area contributed by atoms with Crippen molar-refractivity contribution in [1.82, 2.24) is 30.0 Å². The Morgan fingerprint density at radius 3 is 2.69 bits per heavy atom. The molecule has 136 valence electrons. The summed E-state index contributed by atoms with van der Waals surface area (Å²) in [5.41, 5.74) is 1.04. The van der Waals surface area contributed by atoms with Gasteiger partial charge in [0.15, 0.2) is 0 Å². The molecule has 0 saturated carbocycles.